The van der Waals surface area contributed by atoms with Crippen LogP contribution in [0.1, 0.15) is 22.8 Å². The summed E-state index contributed by atoms with van der Waals surface area (Å²) in [5.74, 6) is 2.07. The van der Waals surface area contributed by atoms with Crippen LogP contribution in [0.25, 0.3) is 11.4 Å². The van der Waals surface area contributed by atoms with Gasteiger partial charge in [0.1, 0.15) is 17.1 Å². The van der Waals surface area contributed by atoms with Gasteiger partial charge in [0.15, 0.2) is 5.82 Å². The van der Waals surface area contributed by atoms with Gasteiger partial charge in [-0.05, 0) is 25.1 Å². The quantitative estimate of drug-likeness (QED) is 0.518. The lowest BCUT2D eigenvalue weighted by Gasteiger charge is -2.38. The zero-order valence-corrected chi connectivity index (χ0v) is 22.3. The van der Waals surface area contributed by atoms with E-state index in [0.717, 1.165) is 35.7 Å². The molecular formula is C29H34N6O3. The summed E-state index contributed by atoms with van der Waals surface area (Å²) >= 11 is 0. The maximum absolute atomic E-state index is 13.7. The lowest BCUT2D eigenvalue weighted by atomic mass is 10.1. The van der Waals surface area contributed by atoms with Gasteiger partial charge in [0.2, 0.25) is 5.91 Å². The number of nitrogens with zero attached hydrogens (tertiary/aromatic N) is 6. The molecule has 2 fully saturated rings. The first-order valence-corrected chi connectivity index (χ1v) is 13.1. The fourth-order valence-electron chi connectivity index (χ4n) is 5.13. The summed E-state index contributed by atoms with van der Waals surface area (Å²) in [7, 11) is 1.69. The highest BCUT2D eigenvalue weighted by atomic mass is 16.5. The number of carbonyl (C=O) groups is 2. The van der Waals surface area contributed by atoms with Crippen molar-refractivity contribution in [3.05, 3.63) is 65.9 Å². The number of rotatable bonds is 5. The van der Waals surface area contributed by atoms with Crippen molar-refractivity contribution in [3.63, 3.8) is 0 Å². The minimum Gasteiger partial charge on any atom is -0.495 e. The Morgan fingerprint density at radius 2 is 1.53 bits per heavy atom. The summed E-state index contributed by atoms with van der Waals surface area (Å²) in [6.07, 6.45) is 1.67. The topological polar surface area (TPSA) is 82.1 Å². The first kappa shape index (κ1) is 25.5. The zero-order valence-electron chi connectivity index (χ0n) is 22.3. The van der Waals surface area contributed by atoms with Gasteiger partial charge in [-0.15, -0.1) is 0 Å². The number of anilines is 2. The van der Waals surface area contributed by atoms with Crippen molar-refractivity contribution < 1.29 is 14.3 Å². The molecule has 2 saturated heterocycles. The largest absolute Gasteiger partial charge is 0.495 e. The monoisotopic (exact) mass is 514 g/mol. The SMILES string of the molecule is COc1ccccc1N1CCN(c2nc(-c3cccc(C)c3)ncc2C(=O)N2CCN(C(C)=O)CC2)CC1. The molecule has 0 N–H and O–H groups in total. The van der Waals surface area contributed by atoms with Crippen molar-refractivity contribution in [3.8, 4) is 17.1 Å². The molecule has 0 atom stereocenters. The van der Waals surface area contributed by atoms with Crippen molar-refractivity contribution >= 4 is 23.3 Å². The van der Waals surface area contributed by atoms with E-state index >= 15 is 0 Å². The summed E-state index contributed by atoms with van der Waals surface area (Å²) in [6, 6.07) is 16.1. The minimum absolute atomic E-state index is 0.0385. The summed E-state index contributed by atoms with van der Waals surface area (Å²) in [4.78, 5) is 43.1. The van der Waals surface area contributed by atoms with Gasteiger partial charge >= 0.3 is 0 Å². The molecule has 2 aliphatic rings. The molecular weight excluding hydrogens is 480 g/mol. The highest BCUT2D eigenvalue weighted by Gasteiger charge is 2.29. The van der Waals surface area contributed by atoms with Crippen LogP contribution in [0.15, 0.2) is 54.7 Å². The summed E-state index contributed by atoms with van der Waals surface area (Å²) in [5, 5.41) is 0. The molecule has 2 aliphatic heterocycles. The third kappa shape index (κ3) is 5.27. The summed E-state index contributed by atoms with van der Waals surface area (Å²) in [6.45, 7) is 8.65. The maximum atomic E-state index is 13.7. The number of amides is 2. The number of benzene rings is 2. The molecule has 198 valence electrons. The molecule has 0 bridgehead atoms. The third-order valence-electron chi connectivity index (χ3n) is 7.29. The van der Waals surface area contributed by atoms with Crippen LogP contribution in [0.3, 0.4) is 0 Å². The van der Waals surface area contributed by atoms with Crippen molar-refractivity contribution in [1.29, 1.82) is 0 Å². The lowest BCUT2D eigenvalue weighted by Crippen LogP contribution is -2.51. The van der Waals surface area contributed by atoms with Gasteiger partial charge in [-0.1, -0.05) is 35.9 Å². The Morgan fingerprint density at radius 1 is 0.842 bits per heavy atom. The molecule has 38 heavy (non-hydrogen) atoms. The fourth-order valence-corrected chi connectivity index (χ4v) is 5.13. The van der Waals surface area contributed by atoms with Gasteiger partial charge in [-0.25, -0.2) is 9.97 Å². The molecule has 9 nitrogen and oxygen atoms in total. The number of piperazine rings is 2. The molecule has 0 aliphatic carbocycles. The Balaban J connectivity index is 1.42. The van der Waals surface area contributed by atoms with Gasteiger partial charge in [-0.3, -0.25) is 9.59 Å². The van der Waals surface area contributed by atoms with Gasteiger partial charge < -0.3 is 24.3 Å². The normalized spacial score (nSPS) is 16.0. The summed E-state index contributed by atoms with van der Waals surface area (Å²) < 4.78 is 5.57. The highest BCUT2D eigenvalue weighted by molar-refractivity contribution is 5.99. The van der Waals surface area contributed by atoms with Crippen molar-refractivity contribution in [2.75, 3.05) is 69.3 Å². The molecule has 2 amide bonds. The summed E-state index contributed by atoms with van der Waals surface area (Å²) in [5.41, 5.74) is 3.62. The highest BCUT2D eigenvalue weighted by Crippen LogP contribution is 2.30. The average molecular weight is 515 g/mol. The Labute approximate surface area is 223 Å². The van der Waals surface area contributed by atoms with Gasteiger partial charge in [0.05, 0.1) is 12.8 Å². The second-order valence-electron chi connectivity index (χ2n) is 9.74. The van der Waals surface area contributed by atoms with Crippen LogP contribution >= 0.6 is 0 Å². The van der Waals surface area contributed by atoms with E-state index in [1.807, 2.05) is 43.3 Å². The standard InChI is InChI=1S/C29H34N6O3/c1-21-7-6-8-23(19-21)27-30-20-24(29(37)35-17-11-32(12-18-35)22(2)36)28(31-27)34-15-13-33(14-16-34)25-9-4-5-10-26(25)38-3/h4-10,19-20H,11-18H2,1-3H3. The zero-order chi connectivity index (χ0) is 26.6. The van der Waals surface area contributed by atoms with Crippen LogP contribution in [0.4, 0.5) is 11.5 Å². The van der Waals surface area contributed by atoms with Crippen LogP contribution in [-0.2, 0) is 4.79 Å². The van der Waals surface area contributed by atoms with E-state index in [1.165, 1.54) is 0 Å². The molecule has 3 heterocycles. The first-order chi connectivity index (χ1) is 18.4. The predicted octanol–water partition coefficient (Wildman–Crippen LogP) is 3.09. The van der Waals surface area contributed by atoms with E-state index in [1.54, 1.807) is 30.0 Å². The lowest BCUT2D eigenvalue weighted by molar-refractivity contribution is -0.130. The molecule has 1 aromatic heterocycles. The molecule has 0 saturated carbocycles. The molecule has 5 rings (SSSR count). The molecule has 0 radical (unpaired) electrons. The fraction of sp³-hybridized carbons (Fsp3) is 0.379. The van der Waals surface area contributed by atoms with E-state index < -0.39 is 0 Å². The second kappa shape index (κ2) is 11.1. The van der Waals surface area contributed by atoms with E-state index in [2.05, 4.69) is 26.9 Å². The van der Waals surface area contributed by atoms with Gasteiger partial charge in [-0.2, -0.15) is 0 Å². The average Bonchev–Trinajstić information content (AvgIpc) is 2.96. The smallest absolute Gasteiger partial charge is 0.259 e. The van der Waals surface area contributed by atoms with E-state index in [4.69, 9.17) is 9.72 Å². The number of hydrogen-bond acceptors (Lipinski definition) is 7. The Bertz CT molecular complexity index is 1310. The number of para-hydroxylation sites is 2. The van der Waals surface area contributed by atoms with E-state index in [9.17, 15) is 9.59 Å². The Morgan fingerprint density at radius 3 is 2.21 bits per heavy atom. The number of ether oxygens (including phenoxy) is 1. The predicted molar refractivity (Wildman–Crippen MR) is 148 cm³/mol. The number of methoxy groups -OCH3 is 1. The number of aromatic nitrogens is 2. The van der Waals surface area contributed by atoms with Crippen LogP contribution < -0.4 is 14.5 Å². The van der Waals surface area contributed by atoms with Gasteiger partial charge in [0, 0.05) is 71.0 Å². The van der Waals surface area contributed by atoms with Crippen molar-refractivity contribution in [2.45, 2.75) is 13.8 Å². The minimum atomic E-state index is -0.0915. The van der Waals surface area contributed by atoms with Crippen LogP contribution in [0, 0.1) is 6.92 Å². The van der Waals surface area contributed by atoms with Crippen molar-refractivity contribution in [2.24, 2.45) is 0 Å². The molecule has 9 heteroatoms. The Kier molecular flexibility index (Phi) is 7.44. The van der Waals surface area contributed by atoms with Crippen LogP contribution in [0.2, 0.25) is 0 Å². The van der Waals surface area contributed by atoms with E-state index in [-0.39, 0.29) is 11.8 Å². The van der Waals surface area contributed by atoms with Crippen LogP contribution in [0.5, 0.6) is 5.75 Å². The first-order valence-electron chi connectivity index (χ1n) is 13.1. The number of aryl methyl sites for hydroxylation is 1. The maximum Gasteiger partial charge on any atom is 0.259 e. The molecule has 2 aromatic carbocycles. The number of carbonyl (C=O) groups excluding carboxylic acids is 2. The molecule has 0 spiro atoms. The molecule has 0 unspecified atom stereocenters. The molecule has 3 aromatic rings. The van der Waals surface area contributed by atoms with Gasteiger partial charge in [0.25, 0.3) is 5.91 Å². The number of hydrogen-bond donors (Lipinski definition) is 0. The van der Waals surface area contributed by atoms with Crippen molar-refractivity contribution in [1.82, 2.24) is 19.8 Å². The Hall–Kier alpha value is -4.14. The van der Waals surface area contributed by atoms with Crippen LogP contribution in [-0.4, -0.2) is 91.0 Å². The van der Waals surface area contributed by atoms with E-state index in [0.29, 0.717) is 56.5 Å². The third-order valence-corrected chi connectivity index (χ3v) is 7.29. The second-order valence-corrected chi connectivity index (χ2v) is 9.74.